The van der Waals surface area contributed by atoms with Crippen LogP contribution in [0.3, 0.4) is 0 Å². The average Bonchev–Trinajstić information content (AvgIpc) is 2.80. The summed E-state index contributed by atoms with van der Waals surface area (Å²) in [6.45, 7) is 6.11. The monoisotopic (exact) mass is 233 g/mol. The fourth-order valence-electron chi connectivity index (χ4n) is 1.29. The SMILES string of the molecule is CC(C)(C)c1nc(NN)cc(-n2cncn2)n1. The summed E-state index contributed by atoms with van der Waals surface area (Å²) in [5.41, 5.74) is 2.36. The minimum Gasteiger partial charge on any atom is -0.308 e. The van der Waals surface area contributed by atoms with Crippen LogP contribution in [0.25, 0.3) is 5.82 Å². The van der Waals surface area contributed by atoms with E-state index in [1.54, 1.807) is 17.1 Å². The van der Waals surface area contributed by atoms with Crippen molar-refractivity contribution >= 4 is 5.82 Å². The average molecular weight is 233 g/mol. The first-order chi connectivity index (χ1) is 8.00. The van der Waals surface area contributed by atoms with Crippen molar-refractivity contribution in [2.75, 3.05) is 5.43 Å². The highest BCUT2D eigenvalue weighted by Crippen LogP contribution is 2.21. The summed E-state index contributed by atoms with van der Waals surface area (Å²) >= 11 is 0. The molecule has 0 unspecified atom stereocenters. The molecule has 0 amide bonds. The van der Waals surface area contributed by atoms with Gasteiger partial charge >= 0.3 is 0 Å². The second kappa shape index (κ2) is 4.10. The number of nitrogens with two attached hydrogens (primary N) is 1. The molecule has 0 spiro atoms. The predicted molar refractivity (Wildman–Crippen MR) is 63.5 cm³/mol. The van der Waals surface area contributed by atoms with E-state index >= 15 is 0 Å². The van der Waals surface area contributed by atoms with E-state index in [9.17, 15) is 0 Å². The van der Waals surface area contributed by atoms with Gasteiger partial charge in [-0.2, -0.15) is 5.10 Å². The van der Waals surface area contributed by atoms with Gasteiger partial charge < -0.3 is 5.43 Å². The van der Waals surface area contributed by atoms with Crippen molar-refractivity contribution < 1.29 is 0 Å². The molecule has 0 aliphatic carbocycles. The predicted octanol–water partition coefficient (Wildman–Crippen LogP) is 0.640. The lowest BCUT2D eigenvalue weighted by atomic mass is 9.96. The molecule has 7 nitrogen and oxygen atoms in total. The summed E-state index contributed by atoms with van der Waals surface area (Å²) in [5.74, 6) is 7.28. The summed E-state index contributed by atoms with van der Waals surface area (Å²) in [4.78, 5) is 12.7. The van der Waals surface area contributed by atoms with Crippen LogP contribution in [0.2, 0.25) is 0 Å². The minimum absolute atomic E-state index is 0.164. The van der Waals surface area contributed by atoms with E-state index in [0.29, 0.717) is 17.5 Å². The standard InChI is InChI=1S/C10H15N7/c1-10(2,3)9-14-7(16-11)4-8(15-9)17-6-12-5-13-17/h4-6H,11H2,1-3H3,(H,14,15,16). The highest BCUT2D eigenvalue weighted by molar-refractivity contribution is 5.40. The molecule has 0 atom stereocenters. The lowest BCUT2D eigenvalue weighted by Crippen LogP contribution is -2.20. The summed E-state index contributed by atoms with van der Waals surface area (Å²) in [7, 11) is 0. The molecule has 2 aromatic rings. The van der Waals surface area contributed by atoms with E-state index in [0.717, 1.165) is 0 Å². The maximum absolute atomic E-state index is 5.40. The summed E-state index contributed by atoms with van der Waals surface area (Å²) in [6.07, 6.45) is 3.03. The van der Waals surface area contributed by atoms with Gasteiger partial charge in [-0.05, 0) is 0 Å². The molecule has 0 fully saturated rings. The van der Waals surface area contributed by atoms with Crippen LogP contribution in [-0.2, 0) is 5.41 Å². The zero-order valence-corrected chi connectivity index (χ0v) is 10.0. The zero-order chi connectivity index (χ0) is 12.5. The van der Waals surface area contributed by atoms with Gasteiger partial charge in [0.05, 0.1) is 0 Å². The zero-order valence-electron chi connectivity index (χ0n) is 10.0. The Morgan fingerprint density at radius 2 is 2.06 bits per heavy atom. The van der Waals surface area contributed by atoms with Crippen LogP contribution in [0.1, 0.15) is 26.6 Å². The molecular weight excluding hydrogens is 218 g/mol. The van der Waals surface area contributed by atoms with Gasteiger partial charge in [0.25, 0.3) is 0 Å². The molecule has 2 heterocycles. The van der Waals surface area contributed by atoms with Gasteiger partial charge in [0.2, 0.25) is 0 Å². The normalized spacial score (nSPS) is 11.5. The molecule has 0 aliphatic heterocycles. The summed E-state index contributed by atoms with van der Waals surface area (Å²) in [5, 5.41) is 4.03. The highest BCUT2D eigenvalue weighted by atomic mass is 15.4. The van der Waals surface area contributed by atoms with Gasteiger partial charge in [-0.15, -0.1) is 0 Å². The lowest BCUT2D eigenvalue weighted by molar-refractivity contribution is 0.542. The summed E-state index contributed by atoms with van der Waals surface area (Å²) < 4.78 is 1.57. The number of nitrogens with zero attached hydrogens (tertiary/aromatic N) is 5. The third-order valence-corrected chi connectivity index (χ3v) is 2.18. The molecule has 17 heavy (non-hydrogen) atoms. The van der Waals surface area contributed by atoms with Crippen LogP contribution in [0, 0.1) is 0 Å². The fourth-order valence-corrected chi connectivity index (χ4v) is 1.29. The van der Waals surface area contributed by atoms with E-state index in [1.807, 2.05) is 20.8 Å². The molecule has 0 aliphatic rings. The van der Waals surface area contributed by atoms with Gasteiger partial charge in [0, 0.05) is 11.5 Å². The molecule has 0 aromatic carbocycles. The Labute approximate surface area is 99.1 Å². The maximum atomic E-state index is 5.40. The number of nitrogens with one attached hydrogen (secondary N) is 1. The van der Waals surface area contributed by atoms with Gasteiger partial charge in [-0.25, -0.2) is 25.5 Å². The van der Waals surface area contributed by atoms with Crippen LogP contribution in [0.5, 0.6) is 0 Å². The van der Waals surface area contributed by atoms with Crippen molar-refractivity contribution in [3.8, 4) is 5.82 Å². The molecule has 3 N–H and O–H groups in total. The van der Waals surface area contributed by atoms with E-state index in [4.69, 9.17) is 5.84 Å². The second-order valence-electron chi connectivity index (χ2n) is 4.67. The van der Waals surface area contributed by atoms with Crippen molar-refractivity contribution in [2.45, 2.75) is 26.2 Å². The molecule has 0 saturated carbocycles. The Kier molecular flexibility index (Phi) is 2.76. The molecule has 0 saturated heterocycles. The van der Waals surface area contributed by atoms with E-state index < -0.39 is 0 Å². The van der Waals surface area contributed by atoms with Crippen molar-refractivity contribution in [3.63, 3.8) is 0 Å². The van der Waals surface area contributed by atoms with Crippen LogP contribution in [-0.4, -0.2) is 24.7 Å². The number of nitrogen functional groups attached to an aromatic ring is 1. The molecule has 0 bridgehead atoms. The van der Waals surface area contributed by atoms with Crippen LogP contribution < -0.4 is 11.3 Å². The van der Waals surface area contributed by atoms with E-state index in [-0.39, 0.29) is 5.41 Å². The molecule has 2 aromatic heterocycles. The Morgan fingerprint density at radius 3 is 2.59 bits per heavy atom. The lowest BCUT2D eigenvalue weighted by Gasteiger charge is -2.18. The maximum Gasteiger partial charge on any atom is 0.161 e. The number of hydrogen-bond acceptors (Lipinski definition) is 6. The first-order valence-corrected chi connectivity index (χ1v) is 5.22. The first kappa shape index (κ1) is 11.5. The van der Waals surface area contributed by atoms with Gasteiger partial charge in [0.15, 0.2) is 5.82 Å². The number of hydrogen-bond donors (Lipinski definition) is 2. The number of anilines is 1. The largest absolute Gasteiger partial charge is 0.308 e. The number of aromatic nitrogens is 5. The summed E-state index contributed by atoms with van der Waals surface area (Å²) in [6, 6.07) is 1.71. The van der Waals surface area contributed by atoms with Gasteiger partial charge in [0.1, 0.15) is 24.3 Å². The third-order valence-electron chi connectivity index (χ3n) is 2.18. The molecule has 2 rings (SSSR count). The molecular formula is C10H15N7. The Bertz CT molecular complexity index is 498. The quantitative estimate of drug-likeness (QED) is 0.584. The third kappa shape index (κ3) is 2.39. The van der Waals surface area contributed by atoms with Crippen molar-refractivity contribution in [1.82, 2.24) is 24.7 Å². The highest BCUT2D eigenvalue weighted by Gasteiger charge is 2.19. The molecule has 7 heteroatoms. The van der Waals surface area contributed by atoms with Gasteiger partial charge in [-0.3, -0.25) is 0 Å². The molecule has 90 valence electrons. The Balaban J connectivity index is 2.54. The van der Waals surface area contributed by atoms with Crippen LogP contribution in [0.15, 0.2) is 18.7 Å². The van der Waals surface area contributed by atoms with Crippen LogP contribution >= 0.6 is 0 Å². The molecule has 0 radical (unpaired) electrons. The van der Waals surface area contributed by atoms with Crippen molar-refractivity contribution in [1.29, 1.82) is 0 Å². The van der Waals surface area contributed by atoms with Crippen molar-refractivity contribution in [2.24, 2.45) is 5.84 Å². The van der Waals surface area contributed by atoms with Gasteiger partial charge in [-0.1, -0.05) is 20.8 Å². The number of hydrazine groups is 1. The minimum atomic E-state index is -0.164. The first-order valence-electron chi connectivity index (χ1n) is 5.22. The van der Waals surface area contributed by atoms with E-state index in [2.05, 4.69) is 25.5 Å². The van der Waals surface area contributed by atoms with Crippen molar-refractivity contribution in [3.05, 3.63) is 24.5 Å². The Hall–Kier alpha value is -2.02. The van der Waals surface area contributed by atoms with E-state index in [1.165, 1.54) is 6.33 Å². The second-order valence-corrected chi connectivity index (χ2v) is 4.67. The Morgan fingerprint density at radius 1 is 1.29 bits per heavy atom. The number of rotatable bonds is 2. The topological polar surface area (TPSA) is 94.5 Å². The smallest absolute Gasteiger partial charge is 0.161 e. The fraction of sp³-hybridized carbons (Fsp3) is 0.400. The van der Waals surface area contributed by atoms with Crippen LogP contribution in [0.4, 0.5) is 5.82 Å².